The molecular formula is C29H31BrF3N3O2Si. The van der Waals surface area contributed by atoms with Crippen LogP contribution in [0.5, 0.6) is 0 Å². The van der Waals surface area contributed by atoms with Gasteiger partial charge < -0.3 is 9.33 Å². The Balaban J connectivity index is 1.96. The molecular weight excluding hydrogens is 587 g/mol. The number of hydrogen-bond donors (Lipinski definition) is 0. The van der Waals surface area contributed by atoms with E-state index >= 15 is 0 Å². The molecule has 10 heteroatoms. The summed E-state index contributed by atoms with van der Waals surface area (Å²) >= 11 is 3.45. The lowest BCUT2D eigenvalue weighted by Crippen LogP contribution is -2.61. The molecule has 1 saturated carbocycles. The molecule has 0 saturated heterocycles. The summed E-state index contributed by atoms with van der Waals surface area (Å²) in [7, 11) is -2.36. The molecule has 0 radical (unpaired) electrons. The maximum atomic E-state index is 14.1. The van der Waals surface area contributed by atoms with Crippen LogP contribution in [0.15, 0.2) is 53.0 Å². The highest BCUT2D eigenvalue weighted by molar-refractivity contribution is 9.10. The van der Waals surface area contributed by atoms with Gasteiger partial charge in [0.2, 0.25) is 0 Å². The Labute approximate surface area is 236 Å². The smallest absolute Gasteiger partial charge is 0.411 e. The number of nitriles is 2. The minimum absolute atomic E-state index is 0.00981. The predicted octanol–water partition coefficient (Wildman–Crippen LogP) is 7.69. The molecule has 0 unspecified atom stereocenters. The van der Waals surface area contributed by atoms with Gasteiger partial charge in [-0.1, -0.05) is 67.0 Å². The number of rotatable bonds is 6. The molecule has 0 aromatic heterocycles. The Morgan fingerprint density at radius 2 is 1.72 bits per heavy atom. The quantitative estimate of drug-likeness (QED) is 0.311. The maximum Gasteiger partial charge on any atom is 0.471 e. The molecule has 1 fully saturated rings. The van der Waals surface area contributed by atoms with Crippen LogP contribution in [-0.2, 0) is 9.22 Å². The minimum atomic E-state index is -5.10. The van der Waals surface area contributed by atoms with E-state index in [2.05, 4.69) is 28.1 Å². The van der Waals surface area contributed by atoms with Crippen molar-refractivity contribution >= 4 is 35.8 Å². The molecule has 0 spiro atoms. The molecule has 1 heterocycles. The average Bonchev–Trinajstić information content (AvgIpc) is 2.94. The molecule has 4 rings (SSSR count). The van der Waals surface area contributed by atoms with Crippen LogP contribution in [0.25, 0.3) is 0 Å². The number of anilines is 1. The normalized spacial score (nSPS) is 24.2. The zero-order valence-electron chi connectivity index (χ0n) is 22.1. The number of hydrogen-bond acceptors (Lipinski definition) is 4. The molecule has 1 aliphatic carbocycles. The molecule has 0 N–H and O–H groups in total. The van der Waals surface area contributed by atoms with Gasteiger partial charge in [-0.3, -0.25) is 4.79 Å². The largest absolute Gasteiger partial charge is 0.471 e. The van der Waals surface area contributed by atoms with Gasteiger partial charge in [0, 0.05) is 22.1 Å². The monoisotopic (exact) mass is 617 g/mol. The zero-order valence-corrected chi connectivity index (χ0v) is 24.7. The molecule has 1 amide bonds. The van der Waals surface area contributed by atoms with Crippen molar-refractivity contribution in [3.8, 4) is 12.1 Å². The number of halogens is 4. The SMILES string of the molecule is CC[Si](CC)(CC)O[C@@H]1C[C@H]2[C@H](CC1(C#N)C#N)[C@@H](c1ccccc1)c1cc(Br)ccc1N2C(=O)C(F)(F)F. The molecule has 2 aromatic rings. The van der Waals surface area contributed by atoms with Gasteiger partial charge in [-0.15, -0.1) is 0 Å². The van der Waals surface area contributed by atoms with Crippen LogP contribution < -0.4 is 4.90 Å². The summed E-state index contributed by atoms with van der Waals surface area (Å²) in [5.41, 5.74) is 0.0517. The van der Waals surface area contributed by atoms with Crippen LogP contribution in [0.1, 0.15) is 50.7 Å². The van der Waals surface area contributed by atoms with Gasteiger partial charge >= 0.3 is 12.1 Å². The second-order valence-corrected chi connectivity index (χ2v) is 16.1. The molecule has 39 heavy (non-hydrogen) atoms. The first-order chi connectivity index (χ1) is 18.5. The van der Waals surface area contributed by atoms with Crippen LogP contribution in [0.3, 0.4) is 0 Å². The van der Waals surface area contributed by atoms with Crippen molar-refractivity contribution in [3.05, 3.63) is 64.1 Å². The van der Waals surface area contributed by atoms with Crippen molar-refractivity contribution in [1.29, 1.82) is 10.5 Å². The predicted molar refractivity (Wildman–Crippen MR) is 148 cm³/mol. The van der Waals surface area contributed by atoms with Crippen molar-refractivity contribution in [2.24, 2.45) is 11.3 Å². The van der Waals surface area contributed by atoms with Crippen molar-refractivity contribution < 1.29 is 22.4 Å². The third-order valence-corrected chi connectivity index (χ3v) is 13.9. The molecule has 206 valence electrons. The topological polar surface area (TPSA) is 77.1 Å². The van der Waals surface area contributed by atoms with Gasteiger partial charge in [-0.05, 0) is 66.2 Å². The van der Waals surface area contributed by atoms with Crippen molar-refractivity contribution in [3.63, 3.8) is 0 Å². The number of benzene rings is 2. The fourth-order valence-corrected chi connectivity index (χ4v) is 9.75. The van der Waals surface area contributed by atoms with Gasteiger partial charge in [0.05, 0.1) is 18.2 Å². The first-order valence-corrected chi connectivity index (χ1v) is 16.6. The van der Waals surface area contributed by atoms with E-state index in [4.69, 9.17) is 4.43 Å². The Morgan fingerprint density at radius 1 is 1.10 bits per heavy atom. The summed E-state index contributed by atoms with van der Waals surface area (Å²) in [4.78, 5) is 13.9. The van der Waals surface area contributed by atoms with E-state index in [1.165, 1.54) is 0 Å². The summed E-state index contributed by atoms with van der Waals surface area (Å²) in [6, 6.07) is 20.1. The highest BCUT2D eigenvalue weighted by atomic mass is 79.9. The summed E-state index contributed by atoms with van der Waals surface area (Å²) < 4.78 is 49.6. The van der Waals surface area contributed by atoms with Gasteiger partial charge in [-0.25, -0.2) is 0 Å². The van der Waals surface area contributed by atoms with Crippen LogP contribution in [0.4, 0.5) is 18.9 Å². The van der Waals surface area contributed by atoms with E-state index in [1.54, 1.807) is 18.2 Å². The molecule has 5 nitrogen and oxygen atoms in total. The van der Waals surface area contributed by atoms with Gasteiger partial charge in [-0.2, -0.15) is 23.7 Å². The summed E-state index contributed by atoms with van der Waals surface area (Å²) in [6.07, 6.45) is -6.04. The minimum Gasteiger partial charge on any atom is -0.411 e. The summed E-state index contributed by atoms with van der Waals surface area (Å²) in [5.74, 6) is -2.98. The highest BCUT2D eigenvalue weighted by Crippen LogP contribution is 2.56. The van der Waals surface area contributed by atoms with E-state index < -0.39 is 49.8 Å². The number of carbonyl (C=O) groups is 1. The number of alkyl halides is 3. The standard InChI is InChI=1S/C29H31BrF3N3O2Si/c1-4-39(5-2,6-3)38-25-15-24-22(16-28(25,17-34)18-35)26(19-10-8-7-9-11-19)21-14-20(30)12-13-23(21)36(24)27(37)29(31,32)33/h7-14,22,24-26H,4-6,15-16H2,1-3H3/t22-,24-,25+,26-/m0/s1. The van der Waals surface area contributed by atoms with Crippen LogP contribution in [0.2, 0.25) is 18.1 Å². The van der Waals surface area contributed by atoms with Gasteiger partial charge in [0.25, 0.3) is 0 Å². The number of fused-ring (bicyclic) bond motifs is 2. The Bertz CT molecular complexity index is 1280. The van der Waals surface area contributed by atoms with Crippen LogP contribution >= 0.6 is 15.9 Å². The lowest BCUT2D eigenvalue weighted by molar-refractivity contribution is -0.172. The first kappa shape index (κ1) is 29.3. The van der Waals surface area contributed by atoms with E-state index in [-0.39, 0.29) is 18.5 Å². The molecule has 2 aromatic carbocycles. The maximum absolute atomic E-state index is 14.1. The number of amides is 1. The number of carbonyl (C=O) groups excluding carboxylic acids is 1. The van der Waals surface area contributed by atoms with E-state index in [9.17, 15) is 28.5 Å². The van der Waals surface area contributed by atoms with Crippen molar-refractivity contribution in [1.82, 2.24) is 0 Å². The molecule has 1 aliphatic heterocycles. The third-order valence-electron chi connectivity index (χ3n) is 8.75. The Kier molecular flexibility index (Phi) is 8.33. The van der Waals surface area contributed by atoms with Crippen LogP contribution in [-0.4, -0.2) is 32.5 Å². The average molecular weight is 619 g/mol. The van der Waals surface area contributed by atoms with Gasteiger partial charge in [0.1, 0.15) is 0 Å². The Hall–Kier alpha value is -2.66. The molecule has 4 atom stereocenters. The fraction of sp³-hybridized carbons (Fsp3) is 0.483. The lowest BCUT2D eigenvalue weighted by atomic mass is 9.59. The molecule has 2 aliphatic rings. The fourth-order valence-electron chi connectivity index (χ4n) is 6.47. The zero-order chi connectivity index (χ0) is 28.6. The second-order valence-electron chi connectivity index (χ2n) is 10.5. The summed E-state index contributed by atoms with van der Waals surface area (Å²) in [5, 5.41) is 20.8. The highest BCUT2D eigenvalue weighted by Gasteiger charge is 2.59. The lowest BCUT2D eigenvalue weighted by Gasteiger charge is -2.54. The van der Waals surface area contributed by atoms with E-state index in [0.29, 0.717) is 10.0 Å². The number of nitrogens with zero attached hydrogens (tertiary/aromatic N) is 3. The summed E-state index contributed by atoms with van der Waals surface area (Å²) in [6.45, 7) is 6.06. The van der Waals surface area contributed by atoms with Crippen molar-refractivity contribution in [2.45, 2.75) is 76.0 Å². The van der Waals surface area contributed by atoms with E-state index in [1.807, 2.05) is 51.1 Å². The first-order valence-electron chi connectivity index (χ1n) is 13.2. The third kappa shape index (κ3) is 5.15. The van der Waals surface area contributed by atoms with Crippen LogP contribution in [0, 0.1) is 34.0 Å². The Morgan fingerprint density at radius 3 is 2.26 bits per heavy atom. The second kappa shape index (κ2) is 11.1. The van der Waals surface area contributed by atoms with Crippen molar-refractivity contribution in [2.75, 3.05) is 4.90 Å². The molecule has 0 bridgehead atoms. The van der Waals surface area contributed by atoms with E-state index in [0.717, 1.165) is 28.6 Å². The van der Waals surface area contributed by atoms with Gasteiger partial charge in [0.15, 0.2) is 13.7 Å².